The lowest BCUT2D eigenvalue weighted by Gasteiger charge is -2.35. The molecule has 4 aliphatic carbocycles. The second kappa shape index (κ2) is 7.32. The van der Waals surface area contributed by atoms with E-state index in [0.717, 1.165) is 12.8 Å². The van der Waals surface area contributed by atoms with E-state index < -0.39 is 42.6 Å². The number of rotatable bonds is 4. The molecule has 0 spiro atoms. The molecule has 4 aliphatic rings. The lowest BCUT2D eigenvalue weighted by molar-refractivity contribution is -0.128. The van der Waals surface area contributed by atoms with Gasteiger partial charge in [0.15, 0.2) is 5.78 Å². The maximum absolute atomic E-state index is 12.2. The molecule has 0 radical (unpaired) electrons. The Morgan fingerprint density at radius 2 is 1.35 bits per heavy atom. The molecule has 4 fully saturated rings. The number of ketones is 2. The van der Waals surface area contributed by atoms with E-state index in [4.69, 9.17) is 9.11 Å². The van der Waals surface area contributed by atoms with Crippen LogP contribution in [0.2, 0.25) is 0 Å². The second-order valence-corrected chi connectivity index (χ2v) is 14.7. The summed E-state index contributed by atoms with van der Waals surface area (Å²) < 4.78 is 62.2. The van der Waals surface area contributed by atoms with Gasteiger partial charge < -0.3 is 0 Å². The van der Waals surface area contributed by atoms with Crippen LogP contribution in [0.3, 0.4) is 0 Å². The first-order chi connectivity index (χ1) is 13.8. The van der Waals surface area contributed by atoms with E-state index in [2.05, 4.69) is 15.9 Å². The lowest BCUT2D eigenvalue weighted by atomic mass is 9.70. The van der Waals surface area contributed by atoms with E-state index in [0.29, 0.717) is 19.3 Å². The second-order valence-electron chi connectivity index (χ2n) is 10.8. The Hall–Kier alpha value is -0.360. The minimum absolute atomic E-state index is 0.0152. The summed E-state index contributed by atoms with van der Waals surface area (Å²) in [5.74, 6) is -0.437. The minimum atomic E-state index is -4.12. The molecule has 4 rings (SSSR count). The number of alkyl halides is 1. The topological polar surface area (TPSA) is 143 Å². The molecule has 2 N–H and O–H groups in total. The fraction of sp³-hybridized carbons (Fsp3) is 0.900. The van der Waals surface area contributed by atoms with Gasteiger partial charge in [0, 0.05) is 6.42 Å². The molecule has 0 aromatic rings. The van der Waals surface area contributed by atoms with Crippen molar-refractivity contribution in [1.29, 1.82) is 0 Å². The van der Waals surface area contributed by atoms with Crippen LogP contribution in [0.25, 0.3) is 0 Å². The van der Waals surface area contributed by atoms with Crippen molar-refractivity contribution in [2.75, 3.05) is 11.5 Å². The monoisotopic (exact) mass is 542 g/mol. The van der Waals surface area contributed by atoms with Crippen LogP contribution in [0.5, 0.6) is 0 Å². The molecular formula is C20H31BrO8S2. The number of halogens is 1. The Balaban J connectivity index is 0.000000176. The summed E-state index contributed by atoms with van der Waals surface area (Å²) in [7, 11) is -8.20. The summed E-state index contributed by atoms with van der Waals surface area (Å²) >= 11 is 3.35. The van der Waals surface area contributed by atoms with E-state index >= 15 is 0 Å². The Kier molecular flexibility index (Phi) is 5.96. The first-order valence-corrected chi connectivity index (χ1v) is 14.6. The van der Waals surface area contributed by atoms with Gasteiger partial charge in [-0.3, -0.25) is 18.7 Å². The average molecular weight is 543 g/mol. The van der Waals surface area contributed by atoms with Crippen molar-refractivity contribution in [2.24, 2.45) is 33.5 Å². The van der Waals surface area contributed by atoms with Gasteiger partial charge in [0.05, 0.1) is 27.2 Å². The number of Topliss-reactive ketones (excluding diaryl/α,β-unsaturated/α-hetero) is 2. The van der Waals surface area contributed by atoms with Gasteiger partial charge in [-0.05, 0) is 48.3 Å². The number of carbonyl (C=O) groups excluding carboxylic acids is 2. The largest absolute Gasteiger partial charge is 0.299 e. The number of hydrogen-bond donors (Lipinski definition) is 2. The Morgan fingerprint density at radius 3 is 1.71 bits per heavy atom. The molecule has 0 heterocycles. The van der Waals surface area contributed by atoms with Crippen LogP contribution >= 0.6 is 15.9 Å². The molecular weight excluding hydrogens is 512 g/mol. The predicted molar refractivity (Wildman–Crippen MR) is 118 cm³/mol. The third kappa shape index (κ3) is 3.76. The van der Waals surface area contributed by atoms with Gasteiger partial charge >= 0.3 is 0 Å². The maximum atomic E-state index is 12.2. The van der Waals surface area contributed by atoms with Crippen LogP contribution < -0.4 is 0 Å². The summed E-state index contributed by atoms with van der Waals surface area (Å²) in [6.07, 6.45) is 3.37. The van der Waals surface area contributed by atoms with Crippen LogP contribution in [0.4, 0.5) is 0 Å². The summed E-state index contributed by atoms with van der Waals surface area (Å²) in [5, 5.41) is 0. The van der Waals surface area contributed by atoms with Crippen molar-refractivity contribution >= 4 is 47.7 Å². The van der Waals surface area contributed by atoms with E-state index in [1.165, 1.54) is 0 Å². The third-order valence-corrected chi connectivity index (χ3v) is 11.9. The quantitative estimate of drug-likeness (QED) is 0.407. The van der Waals surface area contributed by atoms with Gasteiger partial charge in [-0.25, -0.2) is 0 Å². The van der Waals surface area contributed by atoms with Gasteiger partial charge in [-0.1, -0.05) is 43.6 Å². The van der Waals surface area contributed by atoms with Gasteiger partial charge in [0.2, 0.25) is 0 Å². The summed E-state index contributed by atoms with van der Waals surface area (Å²) in [6, 6.07) is 0. The van der Waals surface area contributed by atoms with Gasteiger partial charge in [-0.15, -0.1) is 0 Å². The molecule has 0 amide bonds. The molecule has 0 aliphatic heterocycles. The molecule has 11 heteroatoms. The van der Waals surface area contributed by atoms with Crippen molar-refractivity contribution in [2.45, 2.75) is 64.6 Å². The maximum Gasteiger partial charge on any atom is 0.265 e. The fourth-order valence-corrected chi connectivity index (χ4v) is 10.8. The zero-order chi connectivity index (χ0) is 23.8. The molecule has 0 aromatic carbocycles. The van der Waals surface area contributed by atoms with E-state index in [9.17, 15) is 26.4 Å². The zero-order valence-corrected chi connectivity index (χ0v) is 21.4. The highest BCUT2D eigenvalue weighted by Gasteiger charge is 2.69. The van der Waals surface area contributed by atoms with Gasteiger partial charge in [0.25, 0.3) is 20.2 Å². The van der Waals surface area contributed by atoms with Crippen LogP contribution in [0, 0.1) is 33.5 Å². The number of carbonyl (C=O) groups is 2. The standard InChI is InChI=1S/C10H15BrO4S.C10H16O4S/c1-9(2)6-3-4-10(9,5-16(13,14)15)8(12)7(6)11;1-9(2)7-3-4-10(9,8(11)5-7)6-15(12,13)14/h6-7H,3-5H2,1-2H3,(H,13,14,15);7H,3-6H2,1-2H3,(H,12,13,14)/t6?,7?,10-;7?,10-/m01/s1. The lowest BCUT2D eigenvalue weighted by Crippen LogP contribution is -2.43. The minimum Gasteiger partial charge on any atom is -0.299 e. The Labute approximate surface area is 192 Å². The van der Waals surface area contributed by atoms with Crippen LogP contribution in [0.15, 0.2) is 0 Å². The molecule has 8 nitrogen and oxygen atoms in total. The van der Waals surface area contributed by atoms with Crippen molar-refractivity contribution in [3.05, 3.63) is 0 Å². The van der Waals surface area contributed by atoms with E-state index in [1.807, 2.05) is 27.7 Å². The van der Waals surface area contributed by atoms with E-state index in [1.54, 1.807) is 0 Å². The highest BCUT2D eigenvalue weighted by atomic mass is 79.9. The average Bonchev–Trinajstić information content (AvgIpc) is 3.07. The molecule has 4 saturated carbocycles. The first kappa shape index (κ1) is 25.3. The van der Waals surface area contributed by atoms with Crippen LogP contribution in [0.1, 0.15) is 59.8 Å². The Bertz CT molecular complexity index is 1020. The van der Waals surface area contributed by atoms with Crippen LogP contribution in [-0.4, -0.2) is 53.8 Å². The number of hydrogen-bond acceptors (Lipinski definition) is 6. The third-order valence-electron chi connectivity index (χ3n) is 9.11. The summed E-state index contributed by atoms with van der Waals surface area (Å²) in [6.45, 7) is 7.74. The number of fused-ring (bicyclic) bond motifs is 4. The van der Waals surface area contributed by atoms with E-state index in [-0.39, 0.29) is 39.1 Å². The highest BCUT2D eigenvalue weighted by molar-refractivity contribution is 9.10. The first-order valence-electron chi connectivity index (χ1n) is 10.4. The molecule has 31 heavy (non-hydrogen) atoms. The molecule has 0 aromatic heterocycles. The molecule has 0 saturated heterocycles. The summed E-state index contributed by atoms with van der Waals surface area (Å²) in [5.41, 5.74) is -2.39. The SMILES string of the molecule is CC1(C)C2CC[C@@]1(CS(=O)(=O)O)C(=O)C2.CC1(C)C2CC[C@]1(CS(=O)(=O)O)C(=O)C2Br. The smallest absolute Gasteiger partial charge is 0.265 e. The van der Waals surface area contributed by atoms with Crippen molar-refractivity contribution in [3.8, 4) is 0 Å². The van der Waals surface area contributed by atoms with Gasteiger partial charge in [0.1, 0.15) is 5.78 Å². The molecule has 3 unspecified atom stereocenters. The normalized spacial score (nSPS) is 40.2. The fourth-order valence-electron chi connectivity index (χ4n) is 6.90. The van der Waals surface area contributed by atoms with Crippen LogP contribution in [-0.2, 0) is 29.8 Å². The predicted octanol–water partition coefficient (Wildman–Crippen LogP) is 2.91. The summed E-state index contributed by atoms with van der Waals surface area (Å²) in [4.78, 5) is 23.8. The van der Waals surface area contributed by atoms with Crippen molar-refractivity contribution in [1.82, 2.24) is 0 Å². The van der Waals surface area contributed by atoms with Gasteiger partial charge in [-0.2, -0.15) is 16.8 Å². The van der Waals surface area contributed by atoms with Crippen molar-refractivity contribution in [3.63, 3.8) is 0 Å². The Morgan fingerprint density at radius 1 is 0.871 bits per heavy atom. The molecule has 178 valence electrons. The molecule has 5 atom stereocenters. The highest BCUT2D eigenvalue weighted by Crippen LogP contribution is 2.66. The zero-order valence-electron chi connectivity index (χ0n) is 18.2. The van der Waals surface area contributed by atoms with Crippen molar-refractivity contribution < 1.29 is 35.5 Å². The molecule has 4 bridgehead atoms.